The molecule has 2 radical (unpaired) electrons. The Morgan fingerprint density at radius 2 is 1.01 bits per heavy atom. The predicted molar refractivity (Wildman–Crippen MR) is 292 cm³/mol. The van der Waals surface area contributed by atoms with Gasteiger partial charge in [0.05, 0.1) is 35.2 Å². The molecule has 2 N–H and O–H groups in total. The maximum Gasteiger partial charge on any atom is 0.408 e. The molecule has 460 valence electrons. The zero-order valence-electron chi connectivity index (χ0n) is 48.8. The van der Waals surface area contributed by atoms with E-state index in [0.29, 0.717) is 55.7 Å². The van der Waals surface area contributed by atoms with E-state index < -0.39 is 130 Å². The Labute approximate surface area is 514 Å². The van der Waals surface area contributed by atoms with Gasteiger partial charge in [-0.3, -0.25) is 9.59 Å². The van der Waals surface area contributed by atoms with E-state index in [0.717, 1.165) is 12.1 Å². The zero-order chi connectivity index (χ0) is 60.1. The molecule has 4 bridgehead atoms. The average molecular weight is 1270 g/mol. The summed E-state index contributed by atoms with van der Waals surface area (Å²) >= 11 is 0. The number of fused-ring (bicyclic) bond motifs is 10. The minimum absolute atomic E-state index is 0. The van der Waals surface area contributed by atoms with Gasteiger partial charge in [0, 0.05) is 72.9 Å². The van der Waals surface area contributed by atoms with Crippen molar-refractivity contribution in [1.82, 2.24) is 30.4 Å². The van der Waals surface area contributed by atoms with Crippen LogP contribution in [0.15, 0.2) is 48.5 Å². The normalized spacial score (nSPS) is 29.7. The van der Waals surface area contributed by atoms with E-state index in [1.807, 2.05) is 12.6 Å². The van der Waals surface area contributed by atoms with Crippen molar-refractivity contribution < 1.29 is 111 Å². The van der Waals surface area contributed by atoms with Gasteiger partial charge in [0.15, 0.2) is 0 Å². The number of hydrogen-bond acceptors (Lipinski definition) is 12. The Hall–Kier alpha value is -5.57. The second-order valence-electron chi connectivity index (χ2n) is 25.4. The van der Waals surface area contributed by atoms with Crippen LogP contribution in [0, 0.1) is 46.1 Å². The van der Waals surface area contributed by atoms with Crippen molar-refractivity contribution in [3.63, 3.8) is 0 Å². The Balaban J connectivity index is 0.000000238. The SMILES string of the molecule is CC[C@@H]1[C@@H]2CN(C(=O)[C@H](C(C)(C)C)NC(=O)O[C@@H]3C[C@H]3CCCCC(F)(F)c3cc4ccc(F)cc4nc3O2)[C@@H]1[C-]=O.C[C@@H]1[C@@H]2CN(C(=O)[C@H](C(C)(C)C)NC(=O)O[C@@H]3C[C@H]3CCCCC(F)(F)c3cc4ccc(F)cc4nc3O2)[C@@H]1[C-]=O.[V].[V]. The van der Waals surface area contributed by atoms with Gasteiger partial charge in [0.1, 0.15) is 48.1 Å². The van der Waals surface area contributed by atoms with Gasteiger partial charge in [-0.1, -0.05) is 86.7 Å². The van der Waals surface area contributed by atoms with E-state index in [1.165, 1.54) is 46.2 Å². The Bertz CT molecular complexity index is 3130. The van der Waals surface area contributed by atoms with Crippen LogP contribution in [0.3, 0.4) is 0 Å². The summed E-state index contributed by atoms with van der Waals surface area (Å²) < 4.78 is 114. The van der Waals surface area contributed by atoms with Crippen molar-refractivity contribution in [2.75, 3.05) is 13.1 Å². The van der Waals surface area contributed by atoms with Crippen LogP contribution in [0.4, 0.5) is 35.9 Å². The summed E-state index contributed by atoms with van der Waals surface area (Å²) in [7, 11) is 0. The first-order valence-electron chi connectivity index (χ1n) is 28.7. The molecule has 2 saturated heterocycles. The molecule has 4 aromatic rings. The van der Waals surface area contributed by atoms with Crippen molar-refractivity contribution in [2.45, 2.75) is 186 Å². The molecule has 2 aliphatic carbocycles. The van der Waals surface area contributed by atoms with Gasteiger partial charge >= 0.3 is 12.2 Å². The average Bonchev–Trinajstić information content (AvgIpc) is 3.82. The third-order valence-corrected chi connectivity index (χ3v) is 17.1. The maximum atomic E-state index is 15.8. The van der Waals surface area contributed by atoms with E-state index in [9.17, 15) is 37.5 Å². The number of nitrogens with zero attached hydrogens (tertiary/aromatic N) is 4. The van der Waals surface area contributed by atoms with Gasteiger partial charge in [0.2, 0.25) is 23.6 Å². The number of carbonyl (C=O) groups excluding carboxylic acids is 6. The number of aromatic nitrogens is 2. The standard InChI is InChI=1S/C31H37F3N3O5.C30H35F3N3O5.2V/c1-5-20-23(16-38)37-15-25(20)41-27-21(12-17-9-10-19(32)14-22(17)35-27)31(33,34)11-7-6-8-18-13-24(18)42-29(40)36-26(28(37)39)30(2,3)4;1-16-22(15-37)36-14-24(16)40-26-20(11-17-8-9-19(31)13-21(17)34-26)30(32,33)10-6-5-7-18-12-23(18)41-28(39)35-25(27(36)38)29(2,3)4;;/h9-10,12,14,18,20,23-26H,5-8,11,13,15H2,1-4H3,(H,36,40);8-9,11,13,16,18,22-25H,5-7,10,12,14H2,1-4H3,(H,35,39);;/q2*-1;;/t18-,20+,23-,24-,25+,26-;16-,18+,22+,23+,24-,25+;;/m10../s1. The van der Waals surface area contributed by atoms with Crippen LogP contribution in [-0.4, -0.2) is 118 Å². The van der Waals surface area contributed by atoms with Gasteiger partial charge in [0.25, 0.3) is 11.8 Å². The molecule has 2 aromatic carbocycles. The summed E-state index contributed by atoms with van der Waals surface area (Å²) in [6.07, 6.45) is 3.38. The summed E-state index contributed by atoms with van der Waals surface area (Å²) in [5, 5.41) is 6.09. The Morgan fingerprint density at radius 3 is 1.42 bits per heavy atom. The molecule has 6 heterocycles. The number of benzene rings is 2. The molecule has 0 unspecified atom stereocenters. The van der Waals surface area contributed by atoms with Gasteiger partial charge in [-0.2, -0.15) is 0 Å². The summed E-state index contributed by atoms with van der Waals surface area (Å²) in [5.41, 5.74) is -2.02. The van der Waals surface area contributed by atoms with E-state index in [1.54, 1.807) is 55.4 Å². The Kier molecular flexibility index (Phi) is 20.8. The van der Waals surface area contributed by atoms with Crippen molar-refractivity contribution >= 4 is 58.4 Å². The first-order chi connectivity index (χ1) is 39.1. The topological polar surface area (TPSA) is 196 Å². The molecule has 4 aliphatic heterocycles. The molecule has 10 rings (SSSR count). The Morgan fingerprint density at radius 1 is 0.600 bits per heavy atom. The number of rotatable bonds is 3. The first-order valence-corrected chi connectivity index (χ1v) is 28.7. The van der Waals surface area contributed by atoms with Gasteiger partial charge < -0.3 is 49.0 Å². The molecule has 0 spiro atoms. The minimum Gasteiger partial charge on any atom is -0.540 e. The predicted octanol–water partition coefficient (Wildman–Crippen LogP) is 10.9. The summed E-state index contributed by atoms with van der Waals surface area (Å²) in [6.45, 7) is 13.9. The fourth-order valence-electron chi connectivity index (χ4n) is 11.9. The minimum atomic E-state index is -3.31. The monoisotopic (exact) mass is 1260 g/mol. The molecule has 24 heteroatoms. The van der Waals surface area contributed by atoms with Gasteiger partial charge in [-0.25, -0.2) is 58.5 Å². The van der Waals surface area contributed by atoms with Crippen LogP contribution in [0.1, 0.15) is 137 Å². The number of halogens is 6. The summed E-state index contributed by atoms with van der Waals surface area (Å²) in [4.78, 5) is 88.8. The van der Waals surface area contributed by atoms with Crippen LogP contribution in [-0.2, 0) is 77.6 Å². The zero-order valence-corrected chi connectivity index (χ0v) is 51.6. The molecule has 6 aliphatic rings. The van der Waals surface area contributed by atoms with Gasteiger partial charge in [-0.05, 0) is 109 Å². The van der Waals surface area contributed by atoms with E-state index in [4.69, 9.17) is 18.9 Å². The number of pyridine rings is 2. The quantitative estimate of drug-likeness (QED) is 0.146. The van der Waals surface area contributed by atoms with E-state index >= 15 is 17.6 Å². The van der Waals surface area contributed by atoms with Crippen molar-refractivity contribution in [3.05, 3.63) is 71.3 Å². The molecular weight excluding hydrogens is 1190 g/mol. The molecule has 2 aromatic heterocycles. The molecule has 12 atom stereocenters. The number of amides is 4. The van der Waals surface area contributed by atoms with Crippen LogP contribution < -0.4 is 20.1 Å². The third-order valence-electron chi connectivity index (χ3n) is 17.1. The fraction of sp³-hybridized carbons (Fsp3) is 0.607. The number of hydrogen-bond donors (Lipinski definition) is 2. The third kappa shape index (κ3) is 15.1. The van der Waals surface area contributed by atoms with Crippen molar-refractivity contribution in [1.29, 1.82) is 0 Å². The van der Waals surface area contributed by atoms with Crippen LogP contribution in [0.25, 0.3) is 21.8 Å². The number of alkyl carbamates (subject to hydrolysis) is 2. The van der Waals surface area contributed by atoms with Crippen LogP contribution in [0.5, 0.6) is 11.8 Å². The molecule has 16 nitrogen and oxygen atoms in total. The molecule has 85 heavy (non-hydrogen) atoms. The number of ether oxygens (including phenoxy) is 4. The molecular formula is C61H72F6N6O10V2-2. The van der Waals surface area contributed by atoms with Gasteiger partial charge in [-0.15, -0.1) is 0 Å². The largest absolute Gasteiger partial charge is 0.540 e. The maximum absolute atomic E-state index is 15.8. The molecule has 4 amide bonds. The second kappa shape index (κ2) is 26.4. The first kappa shape index (κ1) is 66.9. The number of carbonyl (C=O) groups is 4. The number of alkyl halides is 4. The number of nitrogens with one attached hydrogen (secondary N) is 2. The second-order valence-corrected chi connectivity index (χ2v) is 25.4. The smallest absolute Gasteiger partial charge is 0.408 e. The van der Waals surface area contributed by atoms with E-state index in [-0.39, 0.29) is 110 Å². The van der Waals surface area contributed by atoms with Crippen molar-refractivity contribution in [3.8, 4) is 11.8 Å². The molecule has 4 fully saturated rings. The molecule has 2 saturated carbocycles. The fourth-order valence-corrected chi connectivity index (χ4v) is 11.9. The van der Waals surface area contributed by atoms with Crippen LogP contribution in [0.2, 0.25) is 0 Å². The van der Waals surface area contributed by atoms with E-state index in [2.05, 4.69) is 20.6 Å². The summed E-state index contributed by atoms with van der Waals surface area (Å²) in [5.74, 6) is -10.6. The van der Waals surface area contributed by atoms with Crippen LogP contribution >= 0.6 is 0 Å². The summed E-state index contributed by atoms with van der Waals surface area (Å²) in [6, 6.07) is 5.86. The van der Waals surface area contributed by atoms with Crippen molar-refractivity contribution in [2.24, 2.45) is 34.5 Å².